The summed E-state index contributed by atoms with van der Waals surface area (Å²) in [7, 11) is 0. The van der Waals surface area contributed by atoms with Crippen molar-refractivity contribution in [3.8, 4) is 11.5 Å². The fraction of sp³-hybridized carbons (Fsp3) is 0.222. The predicted octanol–water partition coefficient (Wildman–Crippen LogP) is 5.24. The fourth-order valence-electron chi connectivity index (χ4n) is 2.40. The van der Waals surface area contributed by atoms with Gasteiger partial charge in [-0.15, -0.1) is 10.2 Å². The molecule has 0 fully saturated rings. The Balaban J connectivity index is 1.77. The summed E-state index contributed by atoms with van der Waals surface area (Å²) in [5, 5.41) is 10.9. The number of nitrogens with zero attached hydrogens (tertiary/aromatic N) is 2. The van der Waals surface area contributed by atoms with Gasteiger partial charge in [0.1, 0.15) is 6.04 Å². The van der Waals surface area contributed by atoms with E-state index in [-0.39, 0.29) is 0 Å². The Bertz CT molecular complexity index is 874. The van der Waals surface area contributed by atoms with Crippen LogP contribution in [-0.4, -0.2) is 10.2 Å². The van der Waals surface area contributed by atoms with Crippen LogP contribution in [-0.2, 0) is 6.18 Å². The van der Waals surface area contributed by atoms with Crippen LogP contribution in [0.4, 0.5) is 18.9 Å². The Morgan fingerprint density at radius 3 is 2.52 bits per heavy atom. The van der Waals surface area contributed by atoms with Gasteiger partial charge in [0, 0.05) is 11.3 Å². The Labute approximate surface area is 142 Å². The zero-order valence-corrected chi connectivity index (χ0v) is 13.6. The van der Waals surface area contributed by atoms with E-state index in [0.717, 1.165) is 23.3 Å². The van der Waals surface area contributed by atoms with Crippen molar-refractivity contribution < 1.29 is 17.6 Å². The summed E-state index contributed by atoms with van der Waals surface area (Å²) < 4.78 is 44.0. The molecule has 0 aliphatic rings. The molecule has 3 rings (SSSR count). The van der Waals surface area contributed by atoms with Crippen molar-refractivity contribution in [1.82, 2.24) is 10.2 Å². The van der Waals surface area contributed by atoms with E-state index in [2.05, 4.69) is 15.5 Å². The maximum Gasteiger partial charge on any atom is 0.416 e. The molecule has 0 saturated carbocycles. The van der Waals surface area contributed by atoms with Gasteiger partial charge in [0.2, 0.25) is 11.8 Å². The highest BCUT2D eigenvalue weighted by Gasteiger charge is 2.30. The SMILES string of the molecule is Cc1cccc(-c2nnc([C@H](C)Nc3cccc(C(F)(F)F)c3)o2)c1. The van der Waals surface area contributed by atoms with Crippen LogP contribution in [0.3, 0.4) is 0 Å². The summed E-state index contributed by atoms with van der Waals surface area (Å²) in [5.41, 5.74) is 1.48. The number of benzene rings is 2. The van der Waals surface area contributed by atoms with Crippen LogP contribution in [0.15, 0.2) is 52.9 Å². The van der Waals surface area contributed by atoms with Crippen LogP contribution >= 0.6 is 0 Å². The molecule has 0 saturated heterocycles. The van der Waals surface area contributed by atoms with E-state index in [1.807, 2.05) is 31.2 Å². The van der Waals surface area contributed by atoms with Crippen LogP contribution in [0.25, 0.3) is 11.5 Å². The summed E-state index contributed by atoms with van der Waals surface area (Å²) in [6, 6.07) is 12.2. The zero-order chi connectivity index (χ0) is 18.0. The molecule has 0 aliphatic heterocycles. The fourth-order valence-corrected chi connectivity index (χ4v) is 2.40. The van der Waals surface area contributed by atoms with Gasteiger partial charge in [0.25, 0.3) is 0 Å². The third-order valence-corrected chi connectivity index (χ3v) is 3.65. The van der Waals surface area contributed by atoms with Crippen LogP contribution < -0.4 is 5.32 Å². The highest BCUT2D eigenvalue weighted by molar-refractivity contribution is 5.54. The molecule has 4 nitrogen and oxygen atoms in total. The van der Waals surface area contributed by atoms with Gasteiger partial charge in [-0.2, -0.15) is 13.2 Å². The molecule has 3 aromatic rings. The van der Waals surface area contributed by atoms with Crippen molar-refractivity contribution in [2.75, 3.05) is 5.32 Å². The van der Waals surface area contributed by atoms with Gasteiger partial charge >= 0.3 is 6.18 Å². The molecule has 1 heterocycles. The largest absolute Gasteiger partial charge is 0.418 e. The number of hydrogen-bond acceptors (Lipinski definition) is 4. The molecule has 1 atom stereocenters. The molecule has 1 N–H and O–H groups in total. The Kier molecular flexibility index (Phi) is 4.48. The second kappa shape index (κ2) is 6.58. The van der Waals surface area contributed by atoms with Crippen LogP contribution in [0.2, 0.25) is 0 Å². The first kappa shape index (κ1) is 17.0. The molecule has 0 radical (unpaired) electrons. The predicted molar refractivity (Wildman–Crippen MR) is 88.0 cm³/mol. The van der Waals surface area contributed by atoms with Gasteiger partial charge in [0.15, 0.2) is 0 Å². The first-order valence-electron chi connectivity index (χ1n) is 7.67. The Morgan fingerprint density at radius 1 is 1.04 bits per heavy atom. The minimum absolute atomic E-state index is 0.300. The molecule has 7 heteroatoms. The first-order valence-corrected chi connectivity index (χ1v) is 7.67. The van der Waals surface area contributed by atoms with Crippen molar-refractivity contribution in [2.24, 2.45) is 0 Å². The lowest BCUT2D eigenvalue weighted by Gasteiger charge is -2.13. The summed E-state index contributed by atoms with van der Waals surface area (Å²) in [5.74, 6) is 0.672. The van der Waals surface area contributed by atoms with Gasteiger partial charge in [-0.1, -0.05) is 23.8 Å². The maximum absolute atomic E-state index is 12.8. The van der Waals surface area contributed by atoms with Crippen molar-refractivity contribution in [1.29, 1.82) is 0 Å². The first-order chi connectivity index (χ1) is 11.8. The van der Waals surface area contributed by atoms with Crippen molar-refractivity contribution in [2.45, 2.75) is 26.1 Å². The lowest BCUT2D eigenvalue weighted by Crippen LogP contribution is -2.09. The molecular weight excluding hydrogens is 331 g/mol. The molecule has 0 aliphatic carbocycles. The van der Waals surface area contributed by atoms with E-state index in [1.165, 1.54) is 6.07 Å². The van der Waals surface area contributed by atoms with Crippen LogP contribution in [0.5, 0.6) is 0 Å². The number of aryl methyl sites for hydroxylation is 1. The highest BCUT2D eigenvalue weighted by atomic mass is 19.4. The van der Waals surface area contributed by atoms with E-state index < -0.39 is 17.8 Å². The standard InChI is InChI=1S/C18H16F3N3O/c1-11-5-3-6-13(9-11)17-24-23-16(25-17)12(2)22-15-8-4-7-14(10-15)18(19,20)21/h3-10,12,22H,1-2H3/t12-/m0/s1. The number of aromatic nitrogens is 2. The number of nitrogens with one attached hydrogen (secondary N) is 1. The van der Waals surface area contributed by atoms with Crippen LogP contribution in [0, 0.1) is 6.92 Å². The third kappa shape index (κ3) is 3.99. The molecule has 0 unspecified atom stereocenters. The number of anilines is 1. The molecule has 0 spiro atoms. The van der Waals surface area contributed by atoms with Gasteiger partial charge < -0.3 is 9.73 Å². The molecule has 0 bridgehead atoms. The normalized spacial score (nSPS) is 12.8. The third-order valence-electron chi connectivity index (χ3n) is 3.65. The van der Waals surface area contributed by atoms with E-state index >= 15 is 0 Å². The van der Waals surface area contributed by atoms with E-state index in [4.69, 9.17) is 4.42 Å². The van der Waals surface area contributed by atoms with E-state index in [9.17, 15) is 13.2 Å². The van der Waals surface area contributed by atoms with E-state index in [0.29, 0.717) is 17.5 Å². The summed E-state index contributed by atoms with van der Waals surface area (Å²) in [6.45, 7) is 3.70. The zero-order valence-electron chi connectivity index (χ0n) is 13.6. The van der Waals surface area contributed by atoms with E-state index in [1.54, 1.807) is 13.0 Å². The molecule has 25 heavy (non-hydrogen) atoms. The highest BCUT2D eigenvalue weighted by Crippen LogP contribution is 2.31. The smallest absolute Gasteiger partial charge is 0.416 e. The lowest BCUT2D eigenvalue weighted by atomic mass is 10.1. The summed E-state index contributed by atoms with van der Waals surface area (Å²) in [4.78, 5) is 0. The lowest BCUT2D eigenvalue weighted by molar-refractivity contribution is -0.137. The maximum atomic E-state index is 12.8. The molecule has 130 valence electrons. The Morgan fingerprint density at radius 2 is 1.80 bits per heavy atom. The molecule has 0 amide bonds. The summed E-state index contributed by atoms with van der Waals surface area (Å²) >= 11 is 0. The van der Waals surface area contributed by atoms with Crippen molar-refractivity contribution in [3.63, 3.8) is 0 Å². The average Bonchev–Trinajstić information content (AvgIpc) is 3.04. The van der Waals surface area contributed by atoms with Gasteiger partial charge in [-0.25, -0.2) is 0 Å². The van der Waals surface area contributed by atoms with Gasteiger partial charge in [0.05, 0.1) is 5.56 Å². The van der Waals surface area contributed by atoms with Gasteiger partial charge in [-0.3, -0.25) is 0 Å². The minimum atomic E-state index is -4.39. The Hall–Kier alpha value is -2.83. The number of alkyl halides is 3. The number of halogens is 3. The molecule has 1 aromatic heterocycles. The summed E-state index contributed by atoms with van der Waals surface area (Å²) in [6.07, 6.45) is -4.39. The topological polar surface area (TPSA) is 51.0 Å². The number of hydrogen-bond donors (Lipinski definition) is 1. The monoisotopic (exact) mass is 347 g/mol. The van der Waals surface area contributed by atoms with Crippen molar-refractivity contribution in [3.05, 3.63) is 65.5 Å². The van der Waals surface area contributed by atoms with Gasteiger partial charge in [-0.05, 0) is 44.2 Å². The average molecular weight is 347 g/mol. The van der Waals surface area contributed by atoms with Crippen molar-refractivity contribution >= 4 is 5.69 Å². The quantitative estimate of drug-likeness (QED) is 0.701. The molecular formula is C18H16F3N3O. The van der Waals surface area contributed by atoms with Crippen LogP contribution in [0.1, 0.15) is 30.0 Å². The minimum Gasteiger partial charge on any atom is -0.418 e. The number of rotatable bonds is 4. The second-order valence-electron chi connectivity index (χ2n) is 5.76. The second-order valence-corrected chi connectivity index (χ2v) is 5.76. The molecule has 2 aromatic carbocycles.